The van der Waals surface area contributed by atoms with Gasteiger partial charge in [0.25, 0.3) is 0 Å². The Kier molecular flexibility index (Phi) is 8.78. The van der Waals surface area contributed by atoms with Crippen LogP contribution < -0.4 is 4.74 Å². The number of piperazine rings is 1. The van der Waals surface area contributed by atoms with Crippen molar-refractivity contribution < 1.29 is 19.1 Å². The summed E-state index contributed by atoms with van der Waals surface area (Å²) in [6.45, 7) is 7.64. The molecule has 0 N–H and O–H groups in total. The molecular formula is C27H39ClN4O4. The zero-order valence-corrected chi connectivity index (χ0v) is 22.3. The van der Waals surface area contributed by atoms with Crippen molar-refractivity contribution in [3.63, 3.8) is 0 Å². The molecule has 0 radical (unpaired) electrons. The lowest BCUT2D eigenvalue weighted by atomic mass is 9.76. The van der Waals surface area contributed by atoms with Gasteiger partial charge in [0.1, 0.15) is 5.75 Å². The molecule has 198 valence electrons. The van der Waals surface area contributed by atoms with Crippen molar-refractivity contribution in [1.82, 2.24) is 19.6 Å². The molecule has 3 amide bonds. The van der Waals surface area contributed by atoms with Gasteiger partial charge in [0, 0.05) is 82.1 Å². The molecule has 0 aliphatic carbocycles. The largest absolute Gasteiger partial charge is 0.493 e. The van der Waals surface area contributed by atoms with E-state index in [1.807, 2.05) is 26.8 Å². The summed E-state index contributed by atoms with van der Waals surface area (Å²) < 4.78 is 6.20. The number of hydrogen-bond acceptors (Lipinski definition) is 5. The highest BCUT2D eigenvalue weighted by atomic mass is 35.5. The normalized spacial score (nSPS) is 24.0. The molecule has 1 aromatic rings. The maximum absolute atomic E-state index is 13.5. The van der Waals surface area contributed by atoms with Gasteiger partial charge in [0.05, 0.1) is 6.61 Å². The van der Waals surface area contributed by atoms with Gasteiger partial charge in [-0.25, -0.2) is 0 Å². The van der Waals surface area contributed by atoms with E-state index in [2.05, 4.69) is 11.9 Å². The van der Waals surface area contributed by atoms with E-state index in [9.17, 15) is 14.4 Å². The van der Waals surface area contributed by atoms with Crippen LogP contribution in [0, 0.1) is 11.3 Å². The van der Waals surface area contributed by atoms with Crippen LogP contribution in [0.5, 0.6) is 5.75 Å². The highest BCUT2D eigenvalue weighted by Gasteiger charge is 2.42. The SMILES string of the molecule is CC(=O)N1CCC(C(=O)N2CCCC(COc3cccc(Cl)c3)(CC(=O)N3CCN(C)CC3)C2)CC1. The smallest absolute Gasteiger partial charge is 0.225 e. The molecule has 3 fully saturated rings. The zero-order chi connectivity index (χ0) is 25.7. The van der Waals surface area contributed by atoms with Crippen molar-refractivity contribution in [2.45, 2.75) is 39.0 Å². The van der Waals surface area contributed by atoms with E-state index in [4.69, 9.17) is 16.3 Å². The fourth-order valence-corrected chi connectivity index (χ4v) is 5.87. The van der Waals surface area contributed by atoms with Crippen LogP contribution in [-0.4, -0.2) is 103 Å². The highest BCUT2D eigenvalue weighted by molar-refractivity contribution is 6.30. The van der Waals surface area contributed by atoms with Gasteiger partial charge in [-0.1, -0.05) is 17.7 Å². The third-order valence-electron chi connectivity index (χ3n) is 7.99. The Morgan fingerprint density at radius 3 is 2.39 bits per heavy atom. The first-order valence-electron chi connectivity index (χ1n) is 13.1. The predicted octanol–water partition coefficient (Wildman–Crippen LogP) is 2.75. The Hall–Kier alpha value is -2.32. The topological polar surface area (TPSA) is 73.4 Å². The Morgan fingerprint density at radius 1 is 1.00 bits per heavy atom. The number of likely N-dealkylation sites (N-methyl/N-ethyl adjacent to an activating group) is 1. The van der Waals surface area contributed by atoms with Crippen LogP contribution >= 0.6 is 11.6 Å². The Balaban J connectivity index is 1.46. The molecule has 3 aliphatic heterocycles. The number of halogens is 1. The lowest BCUT2D eigenvalue weighted by Crippen LogP contribution is -2.54. The molecule has 3 saturated heterocycles. The molecule has 0 saturated carbocycles. The Labute approximate surface area is 219 Å². The molecule has 9 heteroatoms. The van der Waals surface area contributed by atoms with Crippen molar-refractivity contribution in [2.24, 2.45) is 11.3 Å². The Bertz CT molecular complexity index is 943. The number of ether oxygens (including phenoxy) is 1. The van der Waals surface area contributed by atoms with Crippen LogP contribution in [0.15, 0.2) is 24.3 Å². The first kappa shape index (κ1) is 26.7. The van der Waals surface area contributed by atoms with Gasteiger partial charge in [-0.2, -0.15) is 0 Å². The molecule has 36 heavy (non-hydrogen) atoms. The minimum Gasteiger partial charge on any atom is -0.493 e. The van der Waals surface area contributed by atoms with E-state index in [0.29, 0.717) is 62.8 Å². The summed E-state index contributed by atoms with van der Waals surface area (Å²) in [7, 11) is 2.08. The van der Waals surface area contributed by atoms with E-state index in [0.717, 1.165) is 39.0 Å². The molecule has 4 rings (SSSR count). The number of nitrogens with zero attached hydrogens (tertiary/aromatic N) is 4. The van der Waals surface area contributed by atoms with Gasteiger partial charge in [0.15, 0.2) is 0 Å². The maximum atomic E-state index is 13.5. The summed E-state index contributed by atoms with van der Waals surface area (Å²) in [5.41, 5.74) is -0.448. The monoisotopic (exact) mass is 518 g/mol. The van der Waals surface area contributed by atoms with Crippen molar-refractivity contribution in [1.29, 1.82) is 0 Å². The minimum atomic E-state index is -0.448. The standard InChI is InChI=1S/C27H39ClN4O4/c1-21(33)30-11-7-22(8-12-30)26(35)32-10-4-9-27(19-32,20-36-24-6-3-5-23(28)17-24)18-25(34)31-15-13-29(2)14-16-31/h3,5-6,17,22H,4,7-16,18-20H2,1-2H3. The molecule has 0 spiro atoms. The molecule has 0 bridgehead atoms. The van der Waals surface area contributed by atoms with E-state index >= 15 is 0 Å². The maximum Gasteiger partial charge on any atom is 0.225 e. The third kappa shape index (κ3) is 6.71. The fourth-order valence-electron chi connectivity index (χ4n) is 5.69. The summed E-state index contributed by atoms with van der Waals surface area (Å²) in [6.07, 6.45) is 3.43. The van der Waals surface area contributed by atoms with Gasteiger partial charge < -0.3 is 24.3 Å². The number of amides is 3. The van der Waals surface area contributed by atoms with E-state index in [-0.39, 0.29) is 23.6 Å². The van der Waals surface area contributed by atoms with Crippen molar-refractivity contribution in [2.75, 3.05) is 66.0 Å². The molecular weight excluding hydrogens is 480 g/mol. The summed E-state index contributed by atoms with van der Waals surface area (Å²) in [5.74, 6) is 0.963. The van der Waals surface area contributed by atoms with E-state index < -0.39 is 5.41 Å². The molecule has 1 unspecified atom stereocenters. The second-order valence-corrected chi connectivity index (χ2v) is 11.2. The van der Waals surface area contributed by atoms with Crippen LogP contribution in [0.25, 0.3) is 0 Å². The van der Waals surface area contributed by atoms with Crippen LogP contribution in [0.3, 0.4) is 0 Å². The van der Waals surface area contributed by atoms with Crippen molar-refractivity contribution in [3.8, 4) is 5.75 Å². The lowest BCUT2D eigenvalue weighted by Gasteiger charge is -2.45. The summed E-state index contributed by atoms with van der Waals surface area (Å²) in [6, 6.07) is 7.31. The number of likely N-dealkylation sites (tertiary alicyclic amines) is 2. The second kappa shape index (κ2) is 11.8. The molecule has 3 aliphatic rings. The summed E-state index contributed by atoms with van der Waals surface area (Å²) in [5, 5.41) is 0.604. The number of rotatable bonds is 6. The molecule has 0 aromatic heterocycles. The average molecular weight is 519 g/mol. The number of piperidine rings is 2. The predicted molar refractivity (Wildman–Crippen MR) is 139 cm³/mol. The van der Waals surface area contributed by atoms with E-state index in [1.165, 1.54) is 0 Å². The third-order valence-corrected chi connectivity index (χ3v) is 8.22. The second-order valence-electron chi connectivity index (χ2n) is 10.8. The van der Waals surface area contributed by atoms with Gasteiger partial charge in [0.2, 0.25) is 17.7 Å². The average Bonchev–Trinajstić information content (AvgIpc) is 2.88. The van der Waals surface area contributed by atoms with Crippen LogP contribution in [0.4, 0.5) is 0 Å². The lowest BCUT2D eigenvalue weighted by molar-refractivity contribution is -0.146. The Morgan fingerprint density at radius 2 is 1.72 bits per heavy atom. The first-order valence-corrected chi connectivity index (χ1v) is 13.5. The van der Waals surface area contributed by atoms with E-state index in [1.54, 1.807) is 19.1 Å². The first-order chi connectivity index (χ1) is 17.2. The quantitative estimate of drug-likeness (QED) is 0.579. The van der Waals surface area contributed by atoms with Gasteiger partial charge in [-0.15, -0.1) is 0 Å². The van der Waals surface area contributed by atoms with Gasteiger partial charge >= 0.3 is 0 Å². The van der Waals surface area contributed by atoms with Gasteiger partial charge in [-0.05, 0) is 50.9 Å². The molecule has 1 aromatic carbocycles. The number of carbonyl (C=O) groups excluding carboxylic acids is 3. The minimum absolute atomic E-state index is 0.0680. The van der Waals surface area contributed by atoms with Crippen LogP contribution in [0.2, 0.25) is 5.02 Å². The van der Waals surface area contributed by atoms with Crippen molar-refractivity contribution in [3.05, 3.63) is 29.3 Å². The number of benzene rings is 1. The summed E-state index contributed by atoms with van der Waals surface area (Å²) in [4.78, 5) is 46.6. The summed E-state index contributed by atoms with van der Waals surface area (Å²) >= 11 is 6.16. The zero-order valence-electron chi connectivity index (χ0n) is 21.6. The molecule has 8 nitrogen and oxygen atoms in total. The van der Waals surface area contributed by atoms with Crippen molar-refractivity contribution >= 4 is 29.3 Å². The molecule has 1 atom stereocenters. The number of carbonyl (C=O) groups is 3. The van der Waals surface area contributed by atoms with Gasteiger partial charge in [-0.3, -0.25) is 14.4 Å². The molecule has 3 heterocycles. The number of hydrogen-bond donors (Lipinski definition) is 0. The van der Waals surface area contributed by atoms with Crippen LogP contribution in [-0.2, 0) is 14.4 Å². The van der Waals surface area contributed by atoms with Crippen LogP contribution in [0.1, 0.15) is 39.0 Å². The highest BCUT2D eigenvalue weighted by Crippen LogP contribution is 2.37. The fraction of sp³-hybridized carbons (Fsp3) is 0.667.